The highest BCUT2D eigenvalue weighted by molar-refractivity contribution is 5.95. The van der Waals surface area contributed by atoms with Gasteiger partial charge < -0.3 is 16.0 Å². The number of amides is 2. The fourth-order valence-corrected chi connectivity index (χ4v) is 4.47. The minimum Gasteiger partial charge on any atom is -0.358 e. The van der Waals surface area contributed by atoms with E-state index in [1.165, 1.54) is 0 Å². The van der Waals surface area contributed by atoms with Crippen molar-refractivity contribution >= 4 is 22.7 Å². The number of aryl methyl sites for hydroxylation is 1. The van der Waals surface area contributed by atoms with Crippen LogP contribution in [0.15, 0.2) is 67.1 Å². The Morgan fingerprint density at radius 3 is 2.90 bits per heavy atom. The SMILES string of the molecule is C=C1NC(=O)C2(CCc3cc(C(=O)NCc4cccc5ncccc45)ccc3C2)N1. The van der Waals surface area contributed by atoms with Gasteiger partial charge in [-0.15, -0.1) is 0 Å². The summed E-state index contributed by atoms with van der Waals surface area (Å²) in [6.45, 7) is 4.25. The van der Waals surface area contributed by atoms with Crippen LogP contribution in [0.2, 0.25) is 0 Å². The minimum atomic E-state index is -0.615. The van der Waals surface area contributed by atoms with Crippen LogP contribution in [0, 0.1) is 0 Å². The van der Waals surface area contributed by atoms with Crippen LogP contribution in [-0.4, -0.2) is 22.3 Å². The lowest BCUT2D eigenvalue weighted by Gasteiger charge is -2.32. The number of hydrogen-bond acceptors (Lipinski definition) is 4. The van der Waals surface area contributed by atoms with E-state index >= 15 is 0 Å². The van der Waals surface area contributed by atoms with Crippen molar-refractivity contribution in [3.05, 3.63) is 89.4 Å². The zero-order valence-electron chi connectivity index (χ0n) is 16.5. The summed E-state index contributed by atoms with van der Waals surface area (Å²) >= 11 is 0. The van der Waals surface area contributed by atoms with Gasteiger partial charge in [-0.1, -0.05) is 30.8 Å². The molecule has 1 unspecified atom stereocenters. The zero-order chi connectivity index (χ0) is 20.7. The van der Waals surface area contributed by atoms with E-state index in [-0.39, 0.29) is 11.8 Å². The number of hydrogen-bond donors (Lipinski definition) is 3. The van der Waals surface area contributed by atoms with Crippen LogP contribution in [-0.2, 0) is 24.2 Å². The summed E-state index contributed by atoms with van der Waals surface area (Å²) < 4.78 is 0. The molecule has 2 aromatic carbocycles. The Labute approximate surface area is 174 Å². The first kappa shape index (κ1) is 18.4. The third kappa shape index (κ3) is 3.10. The molecule has 6 nitrogen and oxygen atoms in total. The number of nitrogens with one attached hydrogen (secondary N) is 3. The van der Waals surface area contributed by atoms with Gasteiger partial charge in [0.15, 0.2) is 0 Å². The van der Waals surface area contributed by atoms with Gasteiger partial charge in [0.25, 0.3) is 11.8 Å². The Bertz CT molecular complexity index is 1200. The lowest BCUT2D eigenvalue weighted by molar-refractivity contribution is -0.124. The number of pyridine rings is 1. The molecule has 1 fully saturated rings. The maximum Gasteiger partial charge on any atom is 0.251 e. The highest BCUT2D eigenvalue weighted by Gasteiger charge is 2.45. The number of rotatable bonds is 3. The molecule has 1 spiro atoms. The van der Waals surface area contributed by atoms with Gasteiger partial charge in [-0.2, -0.15) is 0 Å². The Balaban J connectivity index is 1.32. The molecule has 0 saturated carbocycles. The van der Waals surface area contributed by atoms with E-state index in [9.17, 15) is 9.59 Å². The summed E-state index contributed by atoms with van der Waals surface area (Å²) in [5.41, 5.74) is 4.18. The van der Waals surface area contributed by atoms with Crippen LogP contribution < -0.4 is 16.0 Å². The van der Waals surface area contributed by atoms with Crippen molar-refractivity contribution in [1.29, 1.82) is 0 Å². The molecule has 3 N–H and O–H groups in total. The topological polar surface area (TPSA) is 83.1 Å². The molecule has 1 aliphatic heterocycles. The van der Waals surface area contributed by atoms with E-state index in [1.54, 1.807) is 6.20 Å². The minimum absolute atomic E-state index is 0.0236. The second-order valence-corrected chi connectivity index (χ2v) is 7.97. The fourth-order valence-electron chi connectivity index (χ4n) is 4.47. The first-order valence-corrected chi connectivity index (χ1v) is 10.1. The summed E-state index contributed by atoms with van der Waals surface area (Å²) in [6.07, 6.45) is 3.78. The molecular weight excluding hydrogens is 376 g/mol. The molecule has 1 aliphatic carbocycles. The maximum atomic E-state index is 12.8. The predicted octanol–water partition coefficient (Wildman–Crippen LogP) is 2.58. The highest BCUT2D eigenvalue weighted by atomic mass is 16.2. The van der Waals surface area contributed by atoms with E-state index in [4.69, 9.17) is 0 Å². The molecule has 2 amide bonds. The number of carbonyl (C=O) groups excluding carboxylic acids is 2. The molecule has 1 atom stereocenters. The van der Waals surface area contributed by atoms with E-state index < -0.39 is 5.54 Å². The Hall–Kier alpha value is -3.67. The number of carbonyl (C=O) groups is 2. The molecule has 0 radical (unpaired) electrons. The van der Waals surface area contributed by atoms with Crippen molar-refractivity contribution in [3.63, 3.8) is 0 Å². The zero-order valence-corrected chi connectivity index (χ0v) is 16.5. The predicted molar refractivity (Wildman–Crippen MR) is 115 cm³/mol. The molecule has 150 valence electrons. The Kier molecular flexibility index (Phi) is 4.28. The fraction of sp³-hybridized carbons (Fsp3) is 0.208. The standard InChI is InChI=1S/C24H22N4O2/c1-15-27-23(30)24(28-15)10-9-16-12-17(7-8-18(16)13-24)22(29)26-14-19-4-2-6-21-20(19)5-3-11-25-21/h2-8,11-12,28H,1,9-10,13-14H2,(H,26,29)(H,27,30). The third-order valence-electron chi connectivity index (χ3n) is 6.05. The summed E-state index contributed by atoms with van der Waals surface area (Å²) in [5, 5.41) is 10.0. The normalized spacial score (nSPS) is 20.0. The first-order valence-electron chi connectivity index (χ1n) is 10.1. The Morgan fingerprint density at radius 2 is 2.07 bits per heavy atom. The van der Waals surface area contributed by atoms with Crippen molar-refractivity contribution in [2.75, 3.05) is 0 Å². The number of nitrogens with zero attached hydrogens (tertiary/aromatic N) is 1. The van der Waals surface area contributed by atoms with E-state index in [0.717, 1.165) is 34.0 Å². The van der Waals surface area contributed by atoms with Gasteiger partial charge in [-0.05, 0) is 53.8 Å². The van der Waals surface area contributed by atoms with Gasteiger partial charge in [0.2, 0.25) is 0 Å². The van der Waals surface area contributed by atoms with Gasteiger partial charge >= 0.3 is 0 Å². The highest BCUT2D eigenvalue weighted by Crippen LogP contribution is 2.32. The molecule has 3 aromatic rings. The van der Waals surface area contributed by atoms with Crippen LogP contribution in [0.5, 0.6) is 0 Å². The Morgan fingerprint density at radius 1 is 1.17 bits per heavy atom. The molecule has 0 bridgehead atoms. The molecule has 6 heteroatoms. The molecule has 1 aromatic heterocycles. The second kappa shape index (κ2) is 6.99. The smallest absolute Gasteiger partial charge is 0.251 e. The third-order valence-corrected chi connectivity index (χ3v) is 6.05. The van der Waals surface area contributed by atoms with Gasteiger partial charge in [-0.3, -0.25) is 14.6 Å². The summed E-state index contributed by atoms with van der Waals surface area (Å²) in [5.74, 6) is 0.428. The van der Waals surface area contributed by atoms with Gasteiger partial charge in [0, 0.05) is 30.1 Å². The van der Waals surface area contributed by atoms with Crippen LogP contribution in [0.3, 0.4) is 0 Å². The summed E-state index contributed by atoms with van der Waals surface area (Å²) in [6, 6.07) is 15.6. The average molecular weight is 398 g/mol. The summed E-state index contributed by atoms with van der Waals surface area (Å²) in [4.78, 5) is 29.5. The largest absolute Gasteiger partial charge is 0.358 e. The molecule has 30 heavy (non-hydrogen) atoms. The van der Waals surface area contributed by atoms with Crippen LogP contribution in [0.4, 0.5) is 0 Å². The molecule has 2 heterocycles. The van der Waals surface area contributed by atoms with Crippen molar-refractivity contribution in [1.82, 2.24) is 20.9 Å². The molecule has 5 rings (SSSR count). The molecular formula is C24H22N4O2. The lowest BCUT2D eigenvalue weighted by atomic mass is 9.77. The van der Waals surface area contributed by atoms with Crippen molar-refractivity contribution in [2.24, 2.45) is 0 Å². The van der Waals surface area contributed by atoms with Crippen molar-refractivity contribution < 1.29 is 9.59 Å². The van der Waals surface area contributed by atoms with E-state index in [2.05, 4.69) is 27.5 Å². The quantitative estimate of drug-likeness (QED) is 0.633. The van der Waals surface area contributed by atoms with E-state index in [0.29, 0.717) is 30.8 Å². The van der Waals surface area contributed by atoms with Crippen LogP contribution in [0.25, 0.3) is 10.9 Å². The van der Waals surface area contributed by atoms with Gasteiger partial charge in [0.05, 0.1) is 11.3 Å². The van der Waals surface area contributed by atoms with Crippen LogP contribution >= 0.6 is 0 Å². The van der Waals surface area contributed by atoms with Gasteiger partial charge in [0.1, 0.15) is 5.54 Å². The summed E-state index contributed by atoms with van der Waals surface area (Å²) in [7, 11) is 0. The number of fused-ring (bicyclic) bond motifs is 2. The monoisotopic (exact) mass is 398 g/mol. The van der Waals surface area contributed by atoms with Crippen molar-refractivity contribution in [2.45, 2.75) is 31.3 Å². The van der Waals surface area contributed by atoms with Crippen LogP contribution in [0.1, 0.15) is 33.5 Å². The first-order chi connectivity index (χ1) is 14.5. The maximum absolute atomic E-state index is 12.8. The van der Waals surface area contributed by atoms with Gasteiger partial charge in [-0.25, -0.2) is 0 Å². The second-order valence-electron chi connectivity index (χ2n) is 7.97. The average Bonchev–Trinajstić information content (AvgIpc) is 3.03. The number of aromatic nitrogens is 1. The van der Waals surface area contributed by atoms with Crippen molar-refractivity contribution in [3.8, 4) is 0 Å². The lowest BCUT2D eigenvalue weighted by Crippen LogP contribution is -2.50. The molecule has 1 saturated heterocycles. The molecule has 2 aliphatic rings. The van der Waals surface area contributed by atoms with E-state index in [1.807, 2.05) is 48.5 Å². The number of benzene rings is 2.